The first-order valence-corrected chi connectivity index (χ1v) is 23.7. The van der Waals surface area contributed by atoms with Crippen LogP contribution in [0.4, 0.5) is 0 Å². The van der Waals surface area contributed by atoms with E-state index in [2.05, 4.69) is 50.3 Å². The van der Waals surface area contributed by atoms with Crippen LogP contribution in [0.5, 0.6) is 0 Å². The van der Waals surface area contributed by atoms with Crippen LogP contribution in [0.15, 0.2) is 36.5 Å². The lowest BCUT2D eigenvalue weighted by Gasteiger charge is -2.24. The topological polar surface area (TPSA) is 108 Å². The van der Waals surface area contributed by atoms with E-state index in [4.69, 9.17) is 18.5 Å². The molecule has 0 heterocycles. The van der Waals surface area contributed by atoms with E-state index >= 15 is 0 Å². The van der Waals surface area contributed by atoms with Gasteiger partial charge in [-0.3, -0.25) is 18.6 Å². The van der Waals surface area contributed by atoms with Crippen LogP contribution in [-0.2, 0) is 32.7 Å². The van der Waals surface area contributed by atoms with Gasteiger partial charge < -0.3 is 18.9 Å². The Morgan fingerprint density at radius 2 is 0.982 bits per heavy atom. The highest BCUT2D eigenvalue weighted by Gasteiger charge is 2.27. The van der Waals surface area contributed by atoms with E-state index in [0.717, 1.165) is 44.9 Å². The average molecular weight is 799 g/mol. The largest absolute Gasteiger partial charge is 0.472 e. The van der Waals surface area contributed by atoms with E-state index < -0.39 is 32.5 Å². The lowest BCUT2D eigenvalue weighted by atomic mass is 10.0. The van der Waals surface area contributed by atoms with Gasteiger partial charge in [-0.05, 0) is 51.4 Å². The highest BCUT2D eigenvalue weighted by Crippen LogP contribution is 2.43. The zero-order valence-corrected chi connectivity index (χ0v) is 37.1. The molecule has 0 fully saturated rings. The summed E-state index contributed by atoms with van der Waals surface area (Å²) in [5.41, 5.74) is 0. The van der Waals surface area contributed by atoms with Gasteiger partial charge in [-0.1, -0.05) is 159 Å². The van der Waals surface area contributed by atoms with Crippen LogP contribution in [0, 0.1) is 0 Å². The maximum atomic E-state index is 12.7. The number of likely N-dealkylation sites (N-methyl/N-ethyl adjacent to an activating group) is 1. The molecule has 0 amide bonds. The summed E-state index contributed by atoms with van der Waals surface area (Å²) in [5.74, 6) is -0.839. The Morgan fingerprint density at radius 1 is 0.564 bits per heavy atom. The third kappa shape index (κ3) is 41.7. The minimum Gasteiger partial charge on any atom is -0.462 e. The second kappa shape index (κ2) is 37.8. The van der Waals surface area contributed by atoms with Gasteiger partial charge in [0.15, 0.2) is 6.10 Å². The van der Waals surface area contributed by atoms with Gasteiger partial charge in [0.2, 0.25) is 0 Å². The van der Waals surface area contributed by atoms with E-state index in [1.54, 1.807) is 0 Å². The van der Waals surface area contributed by atoms with Crippen molar-refractivity contribution in [2.45, 2.75) is 193 Å². The van der Waals surface area contributed by atoms with Crippen LogP contribution < -0.4 is 0 Å². The van der Waals surface area contributed by atoms with Gasteiger partial charge in [-0.25, -0.2) is 4.57 Å². The molecule has 0 saturated heterocycles. The lowest BCUT2D eigenvalue weighted by molar-refractivity contribution is -0.870. The fraction of sp³-hybridized carbons (Fsp3) is 0.822. The summed E-state index contributed by atoms with van der Waals surface area (Å²) >= 11 is 0. The normalized spacial score (nSPS) is 13.9. The lowest BCUT2D eigenvalue weighted by Crippen LogP contribution is -2.37. The number of esters is 2. The zero-order chi connectivity index (χ0) is 40.7. The molecule has 0 saturated carbocycles. The number of hydrogen-bond donors (Lipinski definition) is 1. The summed E-state index contributed by atoms with van der Waals surface area (Å²) in [4.78, 5) is 35.3. The van der Waals surface area contributed by atoms with Gasteiger partial charge >= 0.3 is 19.8 Å². The molecule has 322 valence electrons. The molecule has 9 nitrogen and oxygen atoms in total. The fourth-order valence-corrected chi connectivity index (χ4v) is 6.64. The second-order valence-electron chi connectivity index (χ2n) is 16.1. The molecule has 0 spiro atoms. The van der Waals surface area contributed by atoms with Crippen molar-refractivity contribution in [2.75, 3.05) is 47.5 Å². The number of phosphoric ester groups is 1. The molecule has 0 aromatic carbocycles. The van der Waals surface area contributed by atoms with Crippen LogP contribution in [0.2, 0.25) is 0 Å². The predicted molar refractivity (Wildman–Crippen MR) is 229 cm³/mol. The number of carbonyl (C=O) groups excluding carboxylic acids is 2. The molecule has 0 aliphatic rings. The van der Waals surface area contributed by atoms with Crippen LogP contribution in [-0.4, -0.2) is 74.9 Å². The SMILES string of the molecule is CCCCC/C=C/C/C=C/C/C=C/CCCCC(=O)OC[C@H](COP(=O)(O)OCC[N+](C)(C)C)OC(=O)CCCCCCCCCCCCCCCCCC. The number of hydrogen-bond acceptors (Lipinski definition) is 7. The van der Waals surface area contributed by atoms with E-state index in [1.165, 1.54) is 103 Å². The van der Waals surface area contributed by atoms with Crippen LogP contribution in [0.25, 0.3) is 0 Å². The van der Waals surface area contributed by atoms with Gasteiger partial charge in [0.25, 0.3) is 0 Å². The zero-order valence-electron chi connectivity index (χ0n) is 36.2. The second-order valence-corrected chi connectivity index (χ2v) is 17.5. The molecule has 0 aliphatic carbocycles. The molecule has 1 unspecified atom stereocenters. The van der Waals surface area contributed by atoms with Crippen LogP contribution >= 0.6 is 7.82 Å². The van der Waals surface area contributed by atoms with Gasteiger partial charge in [0.05, 0.1) is 27.7 Å². The van der Waals surface area contributed by atoms with Gasteiger partial charge in [-0.2, -0.15) is 0 Å². The highest BCUT2D eigenvalue weighted by atomic mass is 31.2. The molecule has 0 aromatic rings. The average Bonchev–Trinajstić information content (AvgIpc) is 3.13. The predicted octanol–water partition coefficient (Wildman–Crippen LogP) is 12.5. The molecule has 55 heavy (non-hydrogen) atoms. The number of carbonyl (C=O) groups is 2. The summed E-state index contributed by atoms with van der Waals surface area (Å²) in [6, 6.07) is 0. The number of unbranched alkanes of at least 4 members (excludes halogenated alkanes) is 20. The minimum atomic E-state index is -4.38. The van der Waals surface area contributed by atoms with Gasteiger partial charge in [-0.15, -0.1) is 0 Å². The molecular formula is C45H85NO8P+. The van der Waals surface area contributed by atoms with Gasteiger partial charge in [0.1, 0.15) is 19.8 Å². The Hall–Kier alpha value is -1.77. The molecule has 10 heteroatoms. The van der Waals surface area contributed by atoms with E-state index in [9.17, 15) is 19.0 Å². The number of ether oxygens (including phenoxy) is 2. The molecule has 0 radical (unpaired) electrons. The first-order chi connectivity index (χ1) is 26.5. The van der Waals surface area contributed by atoms with E-state index in [-0.39, 0.29) is 26.1 Å². The van der Waals surface area contributed by atoms with Crippen molar-refractivity contribution in [3.8, 4) is 0 Å². The quantitative estimate of drug-likeness (QED) is 0.0215. The fourth-order valence-electron chi connectivity index (χ4n) is 5.90. The highest BCUT2D eigenvalue weighted by molar-refractivity contribution is 7.47. The number of allylic oxidation sites excluding steroid dienone is 6. The summed E-state index contributed by atoms with van der Waals surface area (Å²) in [6.45, 7) is 4.36. The molecule has 0 rings (SSSR count). The van der Waals surface area contributed by atoms with Crippen LogP contribution in [0.3, 0.4) is 0 Å². The van der Waals surface area contributed by atoms with Crippen molar-refractivity contribution in [1.82, 2.24) is 0 Å². The Labute approximate surface area is 338 Å². The van der Waals surface area contributed by atoms with Gasteiger partial charge in [0, 0.05) is 12.8 Å². The minimum absolute atomic E-state index is 0.0265. The number of rotatable bonds is 40. The van der Waals surface area contributed by atoms with E-state index in [1.807, 2.05) is 21.1 Å². The number of quaternary nitrogens is 1. The first kappa shape index (κ1) is 53.2. The van der Waals surface area contributed by atoms with E-state index in [0.29, 0.717) is 23.9 Å². The van der Waals surface area contributed by atoms with Crippen LogP contribution in [0.1, 0.15) is 187 Å². The maximum Gasteiger partial charge on any atom is 0.472 e. The van der Waals surface area contributed by atoms with Crippen molar-refractivity contribution >= 4 is 19.8 Å². The number of phosphoric acid groups is 1. The molecule has 0 aliphatic heterocycles. The van der Waals surface area contributed by atoms with Crippen molar-refractivity contribution in [3.05, 3.63) is 36.5 Å². The monoisotopic (exact) mass is 799 g/mol. The summed E-state index contributed by atoms with van der Waals surface area (Å²) < 4.78 is 34.3. The Balaban J connectivity index is 4.40. The molecule has 0 aromatic heterocycles. The third-order valence-electron chi connectivity index (χ3n) is 9.42. The number of nitrogens with zero attached hydrogens (tertiary/aromatic N) is 1. The van der Waals surface area contributed by atoms with Crippen molar-refractivity contribution < 1.29 is 42.1 Å². The Kier molecular flexibility index (Phi) is 36.6. The molecule has 1 N–H and O–H groups in total. The third-order valence-corrected chi connectivity index (χ3v) is 10.4. The molecular weight excluding hydrogens is 713 g/mol. The molecule has 2 atom stereocenters. The smallest absolute Gasteiger partial charge is 0.462 e. The summed E-state index contributed by atoms with van der Waals surface area (Å²) in [6.07, 6.45) is 41.9. The van der Waals surface area contributed by atoms with Crippen molar-refractivity contribution in [1.29, 1.82) is 0 Å². The Bertz CT molecular complexity index is 1040. The maximum absolute atomic E-state index is 12.7. The summed E-state index contributed by atoms with van der Waals surface area (Å²) in [5, 5.41) is 0. The molecule has 0 bridgehead atoms. The Morgan fingerprint density at radius 3 is 1.49 bits per heavy atom. The standard InChI is InChI=1S/C45H84NO8P/c1-6-8-10-12-14-16-18-20-22-24-26-28-30-32-34-36-38-45(48)54-43(42-53-55(49,50)52-40-39-46(3,4)5)41-51-44(47)37-35-33-31-29-27-25-23-21-19-17-15-13-11-9-7-2/h15,17,21,23,27,29,43H,6-14,16,18-20,22,24-26,28,30-42H2,1-5H3/p+1/b17-15+,23-21+,29-27+/t43-/m1/s1. The first-order valence-electron chi connectivity index (χ1n) is 22.2. The van der Waals surface area contributed by atoms with Crippen molar-refractivity contribution in [3.63, 3.8) is 0 Å². The van der Waals surface area contributed by atoms with Crippen molar-refractivity contribution in [2.24, 2.45) is 0 Å². The summed E-state index contributed by atoms with van der Waals surface area (Å²) in [7, 11) is 1.46.